The average molecular weight is 529 g/mol. The SMILES string of the molecule is Cc1cccc(F)c1C1C(OC(=O)c2ccccc2)C(OC(=O)c2ccccc2)C(C)C2(C)C=CC=C(F)C12. The van der Waals surface area contributed by atoms with Gasteiger partial charge < -0.3 is 9.47 Å². The fourth-order valence-corrected chi connectivity index (χ4v) is 6.12. The molecule has 0 radical (unpaired) electrons. The van der Waals surface area contributed by atoms with Crippen molar-refractivity contribution in [1.82, 2.24) is 0 Å². The third kappa shape index (κ3) is 4.80. The fourth-order valence-electron chi connectivity index (χ4n) is 6.12. The monoisotopic (exact) mass is 528 g/mol. The molecule has 2 aliphatic rings. The molecule has 2 aliphatic carbocycles. The number of fused-ring (bicyclic) bond motifs is 1. The van der Waals surface area contributed by atoms with Gasteiger partial charge in [0.1, 0.15) is 23.9 Å². The zero-order valence-electron chi connectivity index (χ0n) is 22.0. The van der Waals surface area contributed by atoms with E-state index in [1.807, 2.05) is 19.9 Å². The lowest BCUT2D eigenvalue weighted by Gasteiger charge is -2.55. The molecule has 6 atom stereocenters. The summed E-state index contributed by atoms with van der Waals surface area (Å²) in [4.78, 5) is 26.7. The van der Waals surface area contributed by atoms with Crippen LogP contribution in [0.2, 0.25) is 0 Å². The Bertz CT molecular complexity index is 1410. The van der Waals surface area contributed by atoms with E-state index in [1.54, 1.807) is 85.8 Å². The number of aryl methyl sites for hydroxylation is 1. The van der Waals surface area contributed by atoms with Gasteiger partial charge in [0.05, 0.1) is 11.1 Å². The number of halogens is 2. The van der Waals surface area contributed by atoms with E-state index in [9.17, 15) is 9.59 Å². The van der Waals surface area contributed by atoms with Gasteiger partial charge >= 0.3 is 11.9 Å². The average Bonchev–Trinajstić information content (AvgIpc) is 2.93. The van der Waals surface area contributed by atoms with Crippen molar-refractivity contribution in [3.8, 4) is 0 Å². The van der Waals surface area contributed by atoms with Crippen molar-refractivity contribution < 1.29 is 27.8 Å². The van der Waals surface area contributed by atoms with Crippen LogP contribution >= 0.6 is 0 Å². The zero-order chi connectivity index (χ0) is 27.7. The first-order chi connectivity index (χ1) is 18.7. The number of hydrogen-bond donors (Lipinski definition) is 0. The summed E-state index contributed by atoms with van der Waals surface area (Å²) in [5.41, 5.74) is 0.582. The molecule has 6 heteroatoms. The number of benzene rings is 3. The second-order valence-electron chi connectivity index (χ2n) is 10.5. The number of hydrogen-bond acceptors (Lipinski definition) is 4. The van der Waals surface area contributed by atoms with Gasteiger partial charge in [-0.1, -0.05) is 74.5 Å². The number of carbonyl (C=O) groups is 2. The first-order valence-corrected chi connectivity index (χ1v) is 13.0. The van der Waals surface area contributed by atoms with Crippen LogP contribution in [0.5, 0.6) is 0 Å². The Hall–Kier alpha value is -4.06. The molecule has 0 heterocycles. The molecular formula is C33H30F2O4. The van der Waals surface area contributed by atoms with E-state index >= 15 is 8.78 Å². The number of esters is 2. The number of allylic oxidation sites excluding steroid dienone is 4. The number of rotatable bonds is 5. The van der Waals surface area contributed by atoms with Crippen LogP contribution in [0, 0.1) is 30.0 Å². The maximum Gasteiger partial charge on any atom is 0.338 e. The van der Waals surface area contributed by atoms with Crippen LogP contribution in [0.3, 0.4) is 0 Å². The lowest BCUT2D eigenvalue weighted by atomic mass is 9.52. The number of carbonyl (C=O) groups excluding carboxylic acids is 2. The van der Waals surface area contributed by atoms with Crippen LogP contribution in [0.15, 0.2) is 103 Å². The lowest BCUT2D eigenvalue weighted by Crippen LogP contribution is -2.58. The summed E-state index contributed by atoms with van der Waals surface area (Å²) in [6.07, 6.45) is 2.73. The van der Waals surface area contributed by atoms with E-state index in [-0.39, 0.29) is 11.1 Å². The molecule has 0 bridgehead atoms. The van der Waals surface area contributed by atoms with Crippen molar-refractivity contribution in [1.29, 1.82) is 0 Å². The molecule has 1 saturated carbocycles. The Labute approximate surface area is 227 Å². The highest BCUT2D eigenvalue weighted by Crippen LogP contribution is 2.59. The van der Waals surface area contributed by atoms with Gasteiger partial charge in [-0.3, -0.25) is 0 Å². The van der Waals surface area contributed by atoms with E-state index in [2.05, 4.69) is 0 Å². The summed E-state index contributed by atoms with van der Waals surface area (Å²) in [6, 6.07) is 21.5. The van der Waals surface area contributed by atoms with Crippen molar-refractivity contribution in [3.63, 3.8) is 0 Å². The van der Waals surface area contributed by atoms with E-state index < -0.39 is 59.0 Å². The predicted molar refractivity (Wildman–Crippen MR) is 144 cm³/mol. The Kier molecular flexibility index (Phi) is 7.21. The molecule has 0 aliphatic heterocycles. The summed E-state index contributed by atoms with van der Waals surface area (Å²) in [5, 5.41) is 0. The molecule has 200 valence electrons. The summed E-state index contributed by atoms with van der Waals surface area (Å²) in [7, 11) is 0. The van der Waals surface area contributed by atoms with Crippen LogP contribution < -0.4 is 0 Å². The Morgan fingerprint density at radius 2 is 1.36 bits per heavy atom. The third-order valence-electron chi connectivity index (χ3n) is 8.30. The molecule has 1 fully saturated rings. The lowest BCUT2D eigenvalue weighted by molar-refractivity contribution is -0.127. The first-order valence-electron chi connectivity index (χ1n) is 13.0. The molecular weight excluding hydrogens is 498 g/mol. The smallest absolute Gasteiger partial charge is 0.338 e. The topological polar surface area (TPSA) is 52.6 Å². The van der Waals surface area contributed by atoms with Crippen molar-refractivity contribution in [2.75, 3.05) is 0 Å². The van der Waals surface area contributed by atoms with E-state index in [0.29, 0.717) is 11.1 Å². The molecule has 3 aromatic carbocycles. The normalized spacial score (nSPS) is 27.7. The van der Waals surface area contributed by atoms with Gasteiger partial charge in [0.2, 0.25) is 0 Å². The zero-order valence-corrected chi connectivity index (χ0v) is 22.0. The largest absolute Gasteiger partial charge is 0.454 e. The maximum absolute atomic E-state index is 15.9. The molecule has 0 spiro atoms. The van der Waals surface area contributed by atoms with Crippen molar-refractivity contribution >= 4 is 11.9 Å². The van der Waals surface area contributed by atoms with Gasteiger partial charge in [0, 0.05) is 23.2 Å². The molecule has 6 unspecified atom stereocenters. The fraction of sp³-hybridized carbons (Fsp3) is 0.273. The summed E-state index contributed by atoms with van der Waals surface area (Å²) in [6.45, 7) is 5.48. The van der Waals surface area contributed by atoms with Crippen molar-refractivity contribution in [3.05, 3.63) is 131 Å². The second kappa shape index (κ2) is 10.6. The summed E-state index contributed by atoms with van der Waals surface area (Å²) in [5.74, 6) is -4.53. The molecule has 4 nitrogen and oxygen atoms in total. The second-order valence-corrected chi connectivity index (χ2v) is 10.5. The molecule has 0 aromatic heterocycles. The van der Waals surface area contributed by atoms with E-state index in [4.69, 9.17) is 9.47 Å². The minimum atomic E-state index is -1.17. The molecule has 3 aromatic rings. The highest BCUT2D eigenvalue weighted by atomic mass is 19.1. The molecule has 0 amide bonds. The predicted octanol–water partition coefficient (Wildman–Crippen LogP) is 7.36. The minimum absolute atomic E-state index is 0.242. The third-order valence-corrected chi connectivity index (χ3v) is 8.30. The maximum atomic E-state index is 15.9. The van der Waals surface area contributed by atoms with Crippen molar-refractivity contribution in [2.45, 2.75) is 38.9 Å². The van der Waals surface area contributed by atoms with Gasteiger partial charge in [0.25, 0.3) is 0 Å². The Morgan fingerprint density at radius 3 is 1.92 bits per heavy atom. The first kappa shape index (κ1) is 26.5. The Balaban J connectivity index is 1.68. The van der Waals surface area contributed by atoms with Crippen LogP contribution in [-0.2, 0) is 9.47 Å². The van der Waals surface area contributed by atoms with Gasteiger partial charge in [-0.15, -0.1) is 0 Å². The molecule has 39 heavy (non-hydrogen) atoms. The van der Waals surface area contributed by atoms with Crippen LogP contribution in [-0.4, -0.2) is 24.1 Å². The molecule has 0 N–H and O–H groups in total. The molecule has 0 saturated heterocycles. The molecule has 5 rings (SSSR count). The van der Waals surface area contributed by atoms with Crippen LogP contribution in [0.1, 0.15) is 51.6 Å². The van der Waals surface area contributed by atoms with Gasteiger partial charge in [-0.05, 0) is 54.5 Å². The highest BCUT2D eigenvalue weighted by Gasteiger charge is 2.60. The summed E-state index contributed by atoms with van der Waals surface area (Å²) >= 11 is 0. The Morgan fingerprint density at radius 1 is 0.795 bits per heavy atom. The van der Waals surface area contributed by atoms with Gasteiger partial charge in [0.15, 0.2) is 0 Å². The number of ether oxygens (including phenoxy) is 2. The van der Waals surface area contributed by atoms with Crippen LogP contribution in [0.4, 0.5) is 8.78 Å². The van der Waals surface area contributed by atoms with E-state index in [1.165, 1.54) is 12.1 Å². The highest BCUT2D eigenvalue weighted by molar-refractivity contribution is 5.90. The summed E-state index contributed by atoms with van der Waals surface area (Å²) < 4.78 is 43.7. The van der Waals surface area contributed by atoms with Crippen LogP contribution in [0.25, 0.3) is 0 Å². The quantitative estimate of drug-likeness (QED) is 0.325. The van der Waals surface area contributed by atoms with Crippen molar-refractivity contribution in [2.24, 2.45) is 17.3 Å². The minimum Gasteiger partial charge on any atom is -0.454 e. The van der Waals surface area contributed by atoms with Gasteiger partial charge in [-0.2, -0.15) is 0 Å². The van der Waals surface area contributed by atoms with E-state index in [0.717, 1.165) is 0 Å². The standard InChI is InChI=1S/C33H30F2O4/c1-20-12-10-17-24(34)26(20)27-28-25(35)18-11-19-33(28,3)21(2)29(38-31(36)22-13-6-4-7-14-22)30(27)39-32(37)23-15-8-5-9-16-23/h4-19,21,27-30H,1-3H3. The van der Waals surface area contributed by atoms with Gasteiger partial charge in [-0.25, -0.2) is 18.4 Å².